The number of carbonyl (C=O) groups is 1. The number of anilines is 1. The molecule has 5 rings (SSSR count). The third-order valence-electron chi connectivity index (χ3n) is 5.58. The second-order valence-corrected chi connectivity index (χ2v) is 7.66. The molecule has 0 unspecified atom stereocenters. The maximum Gasteiger partial charge on any atom is 0.296 e. The Morgan fingerprint density at radius 3 is 2.48 bits per heavy atom. The smallest absolute Gasteiger partial charge is 0.296 e. The number of methoxy groups -OCH3 is 1. The molecule has 6 nitrogen and oxygen atoms in total. The first-order valence-corrected chi connectivity index (χ1v) is 9.96. The first-order chi connectivity index (χ1) is 15.0. The summed E-state index contributed by atoms with van der Waals surface area (Å²) in [5, 5.41) is 0.462. The maximum atomic E-state index is 13.6. The zero-order chi connectivity index (χ0) is 21.7. The predicted molar refractivity (Wildman–Crippen MR) is 118 cm³/mol. The number of hydrogen-bond acceptors (Lipinski definition) is 5. The second kappa shape index (κ2) is 7.09. The van der Waals surface area contributed by atoms with Gasteiger partial charge in [-0.1, -0.05) is 29.8 Å². The number of amides is 1. The van der Waals surface area contributed by atoms with E-state index in [1.165, 1.54) is 4.90 Å². The zero-order valence-corrected chi connectivity index (χ0v) is 17.4. The summed E-state index contributed by atoms with van der Waals surface area (Å²) in [5.41, 5.74) is 3.02. The lowest BCUT2D eigenvalue weighted by atomic mass is 9.98. The fourth-order valence-corrected chi connectivity index (χ4v) is 4.09. The topological polar surface area (TPSA) is 72.6 Å². The fourth-order valence-electron chi connectivity index (χ4n) is 4.09. The van der Waals surface area contributed by atoms with Crippen LogP contribution in [0.4, 0.5) is 5.82 Å². The van der Waals surface area contributed by atoms with Gasteiger partial charge in [-0.2, -0.15) is 0 Å². The van der Waals surface area contributed by atoms with Crippen molar-refractivity contribution in [2.24, 2.45) is 0 Å². The van der Waals surface area contributed by atoms with Crippen molar-refractivity contribution in [3.05, 3.63) is 99.0 Å². The van der Waals surface area contributed by atoms with E-state index in [1.807, 2.05) is 56.3 Å². The van der Waals surface area contributed by atoms with Crippen molar-refractivity contribution in [3.8, 4) is 5.75 Å². The summed E-state index contributed by atoms with van der Waals surface area (Å²) in [6, 6.07) is 17.5. The van der Waals surface area contributed by atoms with Gasteiger partial charge in [-0.25, -0.2) is 4.98 Å². The predicted octanol–water partition coefficient (Wildman–Crippen LogP) is 4.56. The summed E-state index contributed by atoms with van der Waals surface area (Å²) in [6.07, 6.45) is 0. The van der Waals surface area contributed by atoms with Gasteiger partial charge in [-0.15, -0.1) is 0 Å². The SMILES string of the molecule is COc1ccc([C@H]2c3c(oc4ccc(C)cc4c3=O)C(=O)N2c2cccc(C)n2)cc1. The summed E-state index contributed by atoms with van der Waals surface area (Å²) >= 11 is 0. The molecule has 1 atom stereocenters. The molecule has 0 bridgehead atoms. The van der Waals surface area contributed by atoms with Gasteiger partial charge in [-0.05, 0) is 55.8 Å². The lowest BCUT2D eigenvalue weighted by Crippen LogP contribution is -2.30. The molecule has 0 radical (unpaired) electrons. The largest absolute Gasteiger partial charge is 0.497 e. The average Bonchev–Trinajstić information content (AvgIpc) is 3.07. The molecule has 0 saturated carbocycles. The third kappa shape index (κ3) is 2.99. The van der Waals surface area contributed by atoms with Crippen molar-refractivity contribution in [2.45, 2.75) is 19.9 Å². The van der Waals surface area contributed by atoms with Crippen LogP contribution in [0.25, 0.3) is 11.0 Å². The van der Waals surface area contributed by atoms with E-state index in [1.54, 1.807) is 25.3 Å². The highest BCUT2D eigenvalue weighted by Crippen LogP contribution is 2.41. The van der Waals surface area contributed by atoms with Crippen LogP contribution in [0.1, 0.15) is 39.0 Å². The summed E-state index contributed by atoms with van der Waals surface area (Å²) in [6.45, 7) is 3.78. The standard InChI is InChI=1S/C25H20N2O4/c1-14-7-12-19-18(13-14)23(28)21-22(16-8-10-17(30-3)11-9-16)27(25(29)24(21)31-19)20-6-4-5-15(2)26-20/h4-13,22H,1-3H3/t22-/m0/s1. The molecule has 1 amide bonds. The van der Waals surface area contributed by atoms with Gasteiger partial charge in [0, 0.05) is 5.69 Å². The van der Waals surface area contributed by atoms with Crippen LogP contribution in [0.15, 0.2) is 69.9 Å². The first-order valence-electron chi connectivity index (χ1n) is 9.96. The molecule has 0 saturated heterocycles. The molecule has 31 heavy (non-hydrogen) atoms. The number of fused-ring (bicyclic) bond motifs is 2. The number of pyridine rings is 1. The van der Waals surface area contributed by atoms with Crippen molar-refractivity contribution in [2.75, 3.05) is 12.0 Å². The quantitative estimate of drug-likeness (QED) is 0.493. The number of aromatic nitrogens is 1. The van der Waals surface area contributed by atoms with E-state index in [9.17, 15) is 9.59 Å². The number of benzene rings is 2. The minimum Gasteiger partial charge on any atom is -0.497 e. The third-order valence-corrected chi connectivity index (χ3v) is 5.58. The van der Waals surface area contributed by atoms with E-state index in [0.717, 1.165) is 16.8 Å². The molecular formula is C25H20N2O4. The van der Waals surface area contributed by atoms with Gasteiger partial charge < -0.3 is 9.15 Å². The Balaban J connectivity index is 1.80. The number of carbonyl (C=O) groups excluding carboxylic acids is 1. The molecule has 1 aliphatic heterocycles. The Morgan fingerprint density at radius 2 is 1.77 bits per heavy atom. The Morgan fingerprint density at radius 1 is 1.00 bits per heavy atom. The Kier molecular flexibility index (Phi) is 4.36. The molecule has 6 heteroatoms. The fraction of sp³-hybridized carbons (Fsp3) is 0.160. The van der Waals surface area contributed by atoms with Crippen LogP contribution >= 0.6 is 0 Å². The van der Waals surface area contributed by atoms with Crippen LogP contribution in [0, 0.1) is 13.8 Å². The monoisotopic (exact) mass is 412 g/mol. The Labute approximate surface area is 178 Å². The lowest BCUT2D eigenvalue weighted by molar-refractivity contribution is 0.0970. The Bertz CT molecular complexity index is 1390. The summed E-state index contributed by atoms with van der Waals surface area (Å²) in [4.78, 5) is 33.2. The van der Waals surface area contributed by atoms with Crippen LogP contribution in [0.5, 0.6) is 5.75 Å². The molecule has 0 fully saturated rings. The van der Waals surface area contributed by atoms with Gasteiger partial charge in [0.25, 0.3) is 5.91 Å². The van der Waals surface area contributed by atoms with E-state index in [-0.39, 0.29) is 17.1 Å². The second-order valence-electron chi connectivity index (χ2n) is 7.66. The highest BCUT2D eigenvalue weighted by Gasteiger charge is 2.44. The summed E-state index contributed by atoms with van der Waals surface area (Å²) in [7, 11) is 1.59. The summed E-state index contributed by atoms with van der Waals surface area (Å²) in [5.74, 6) is 0.838. The first kappa shape index (κ1) is 19.1. The van der Waals surface area contributed by atoms with Gasteiger partial charge in [-0.3, -0.25) is 14.5 Å². The molecule has 2 aromatic heterocycles. The number of ether oxygens (including phenoxy) is 1. The highest BCUT2D eigenvalue weighted by atomic mass is 16.5. The van der Waals surface area contributed by atoms with Gasteiger partial charge >= 0.3 is 0 Å². The van der Waals surface area contributed by atoms with Crippen LogP contribution in [0.2, 0.25) is 0 Å². The highest BCUT2D eigenvalue weighted by molar-refractivity contribution is 6.10. The van der Waals surface area contributed by atoms with Crippen molar-refractivity contribution in [1.82, 2.24) is 4.98 Å². The van der Waals surface area contributed by atoms with Crippen molar-refractivity contribution >= 4 is 22.7 Å². The van der Waals surface area contributed by atoms with E-state index in [2.05, 4.69) is 4.98 Å². The molecule has 1 aliphatic rings. The maximum absolute atomic E-state index is 13.6. The van der Waals surface area contributed by atoms with Gasteiger partial charge in [0.1, 0.15) is 17.2 Å². The molecule has 0 spiro atoms. The van der Waals surface area contributed by atoms with Gasteiger partial charge in [0.15, 0.2) is 5.43 Å². The van der Waals surface area contributed by atoms with E-state index < -0.39 is 6.04 Å². The van der Waals surface area contributed by atoms with Crippen molar-refractivity contribution < 1.29 is 13.9 Å². The van der Waals surface area contributed by atoms with Gasteiger partial charge in [0.2, 0.25) is 5.76 Å². The Hall–Kier alpha value is -3.93. The molecule has 0 N–H and O–H groups in total. The van der Waals surface area contributed by atoms with E-state index >= 15 is 0 Å². The minimum atomic E-state index is -0.649. The summed E-state index contributed by atoms with van der Waals surface area (Å²) < 4.78 is 11.3. The van der Waals surface area contributed by atoms with Crippen LogP contribution in [-0.2, 0) is 0 Å². The average molecular weight is 412 g/mol. The molecule has 154 valence electrons. The molecular weight excluding hydrogens is 392 g/mol. The molecule has 3 heterocycles. The minimum absolute atomic E-state index is 0.0606. The zero-order valence-electron chi connectivity index (χ0n) is 17.4. The van der Waals surface area contributed by atoms with Crippen molar-refractivity contribution in [1.29, 1.82) is 0 Å². The normalized spacial score (nSPS) is 15.4. The number of hydrogen-bond donors (Lipinski definition) is 0. The number of aryl methyl sites for hydroxylation is 2. The van der Waals surface area contributed by atoms with Crippen LogP contribution in [0.3, 0.4) is 0 Å². The van der Waals surface area contributed by atoms with Crippen LogP contribution < -0.4 is 15.1 Å². The van der Waals surface area contributed by atoms with Crippen LogP contribution in [-0.4, -0.2) is 18.0 Å². The lowest BCUT2D eigenvalue weighted by Gasteiger charge is -2.24. The van der Waals surface area contributed by atoms with E-state index in [0.29, 0.717) is 28.1 Å². The van der Waals surface area contributed by atoms with Gasteiger partial charge in [0.05, 0.1) is 24.1 Å². The molecule has 0 aliphatic carbocycles. The van der Waals surface area contributed by atoms with E-state index in [4.69, 9.17) is 9.15 Å². The van der Waals surface area contributed by atoms with Crippen molar-refractivity contribution in [3.63, 3.8) is 0 Å². The number of nitrogens with zero attached hydrogens (tertiary/aromatic N) is 2. The molecule has 4 aromatic rings. The molecule has 2 aromatic carbocycles. The number of rotatable bonds is 3.